The van der Waals surface area contributed by atoms with E-state index < -0.39 is 47.4 Å². The summed E-state index contributed by atoms with van der Waals surface area (Å²) in [5, 5.41) is 7.13. The van der Waals surface area contributed by atoms with Crippen LogP contribution in [0.25, 0.3) is 33.1 Å². The molecule has 0 aliphatic rings. The van der Waals surface area contributed by atoms with E-state index in [2.05, 4.69) is 210 Å². The summed E-state index contributed by atoms with van der Waals surface area (Å²) >= 11 is 13.4. The van der Waals surface area contributed by atoms with Crippen molar-refractivity contribution in [3.05, 3.63) is 70.8 Å². The van der Waals surface area contributed by atoms with Gasteiger partial charge in [-0.2, -0.15) is 0 Å². The topological polar surface area (TPSA) is 44.7 Å². The fourth-order valence-electron chi connectivity index (χ4n) is 8.02. The molecule has 0 saturated carbocycles. The van der Waals surface area contributed by atoms with Crippen molar-refractivity contribution in [2.75, 3.05) is 0 Å². The van der Waals surface area contributed by atoms with E-state index in [9.17, 15) is 0 Å². The Hall–Kier alpha value is -1.74. The highest BCUT2D eigenvalue weighted by Crippen LogP contribution is 2.52. The maximum atomic E-state index is 7.68. The Kier molecular flexibility index (Phi) is 14.7. The van der Waals surface area contributed by atoms with Crippen molar-refractivity contribution in [3.63, 3.8) is 0 Å². The van der Waals surface area contributed by atoms with Crippen LogP contribution in [0.4, 0.5) is 0 Å². The van der Waals surface area contributed by atoms with Crippen LogP contribution in [0.15, 0.2) is 56.9 Å². The molecule has 4 nitrogen and oxygen atoms in total. The molecule has 0 aliphatic carbocycles. The summed E-state index contributed by atoms with van der Waals surface area (Å²) in [7, 11) is -10.4. The first kappa shape index (κ1) is 53.2. The van der Waals surface area contributed by atoms with Crippen LogP contribution in [0, 0.1) is 0 Å². The van der Waals surface area contributed by atoms with Crippen molar-refractivity contribution < 1.29 is 17.4 Å². The standard InChI is InChI=1S/C52H80Cl2O4P2Si4/c1-49(2,3)33-25-37(45(55-59(53)54)41(29-33)61(13,14)15)38-26-34(50(4,5)6)30-42(62(16,17)18)46(38)56-60-57-47-39(27-35(51(7,8)9)31-43(47)63(19,20)21)40-28-36(52(10,11)12)32-44(48(40)58-60)64(22,23)24/h25-32H,1-24H3. The third-order valence-electron chi connectivity index (χ3n) is 12.3. The van der Waals surface area contributed by atoms with E-state index in [1.54, 1.807) is 0 Å². The maximum Gasteiger partial charge on any atom is 0.453 e. The molecule has 64 heavy (non-hydrogen) atoms. The minimum Gasteiger partial charge on any atom is -0.444 e. The van der Waals surface area contributed by atoms with Gasteiger partial charge in [-0.25, -0.2) is 0 Å². The smallest absolute Gasteiger partial charge is 0.444 e. The molecule has 0 amide bonds. The van der Waals surface area contributed by atoms with Crippen LogP contribution in [0.1, 0.15) is 105 Å². The van der Waals surface area contributed by atoms with Gasteiger partial charge in [-0.1, -0.05) is 186 Å². The highest BCUT2D eigenvalue weighted by atomic mass is 35.9. The lowest BCUT2D eigenvalue weighted by molar-refractivity contribution is 0.501. The average Bonchev–Trinajstić information content (AvgIpc) is 3.23. The van der Waals surface area contributed by atoms with Crippen molar-refractivity contribution in [1.82, 2.24) is 0 Å². The molecule has 0 saturated heterocycles. The Balaban J connectivity index is 2.14. The van der Waals surface area contributed by atoms with Crippen molar-refractivity contribution in [2.24, 2.45) is 0 Å². The van der Waals surface area contributed by atoms with Crippen LogP contribution >= 0.6 is 37.6 Å². The molecule has 5 aromatic rings. The molecule has 0 N–H and O–H groups in total. The van der Waals surface area contributed by atoms with Gasteiger partial charge < -0.3 is 17.4 Å². The minimum atomic E-state index is -2.17. The van der Waals surface area contributed by atoms with E-state index in [-0.39, 0.29) is 21.7 Å². The predicted molar refractivity (Wildman–Crippen MR) is 300 cm³/mol. The Morgan fingerprint density at radius 1 is 0.422 bits per heavy atom. The lowest BCUT2D eigenvalue weighted by atomic mass is 9.83. The van der Waals surface area contributed by atoms with E-state index in [1.165, 1.54) is 43.0 Å². The molecule has 0 fully saturated rings. The Morgan fingerprint density at radius 2 is 0.703 bits per heavy atom. The summed E-state index contributed by atoms with van der Waals surface area (Å²) in [5.41, 5.74) is 8.24. The van der Waals surface area contributed by atoms with Crippen LogP contribution in [0.5, 0.6) is 11.5 Å². The van der Waals surface area contributed by atoms with E-state index in [0.717, 1.165) is 44.6 Å². The summed E-state index contributed by atoms with van der Waals surface area (Å²) in [6, 6.07) is 19.0. The highest BCUT2D eigenvalue weighted by molar-refractivity contribution is 8.00. The first-order valence-electron chi connectivity index (χ1n) is 23.0. The van der Waals surface area contributed by atoms with Crippen LogP contribution in [0.3, 0.4) is 0 Å². The van der Waals surface area contributed by atoms with E-state index in [1.807, 2.05) is 0 Å². The molecule has 0 radical (unpaired) electrons. The summed E-state index contributed by atoms with van der Waals surface area (Å²) in [6.07, 6.45) is 0. The van der Waals surface area contributed by atoms with Gasteiger partial charge in [-0.3, -0.25) is 0 Å². The molecule has 0 atom stereocenters. The number of hydrogen-bond donors (Lipinski definition) is 0. The molecule has 1 heterocycles. The number of fused-ring (bicyclic) bond motifs is 3. The van der Waals surface area contributed by atoms with E-state index >= 15 is 0 Å². The van der Waals surface area contributed by atoms with Crippen LogP contribution in [-0.4, -0.2) is 32.3 Å². The lowest BCUT2D eigenvalue weighted by Crippen LogP contribution is -2.40. The van der Waals surface area contributed by atoms with Gasteiger partial charge in [0.2, 0.25) is 0 Å². The molecule has 12 heteroatoms. The van der Waals surface area contributed by atoms with Gasteiger partial charge >= 0.3 is 8.24 Å². The zero-order valence-electron chi connectivity index (χ0n) is 43.9. The number of rotatable bonds is 9. The van der Waals surface area contributed by atoms with Crippen LogP contribution in [-0.2, 0) is 21.7 Å². The van der Waals surface area contributed by atoms with Gasteiger partial charge in [0.1, 0.15) is 22.7 Å². The summed E-state index contributed by atoms with van der Waals surface area (Å²) in [6.45, 7) is 54.6. The Morgan fingerprint density at radius 3 is 1.00 bits per heavy atom. The second-order valence-corrected chi connectivity index (χ2v) is 50.5. The van der Waals surface area contributed by atoms with Crippen molar-refractivity contribution >= 4 is 113 Å². The quantitative estimate of drug-likeness (QED) is 0.109. The number of hydrogen-bond acceptors (Lipinski definition) is 4. The second kappa shape index (κ2) is 17.7. The minimum absolute atomic E-state index is 0.0836. The van der Waals surface area contributed by atoms with Crippen LogP contribution < -0.4 is 29.8 Å². The van der Waals surface area contributed by atoms with Crippen LogP contribution in [0.2, 0.25) is 78.6 Å². The SMILES string of the molecule is CC(C)(C)c1cc(-c2cc(C(C)(C)C)cc([Si](C)(C)C)c2Op2oc3c([Si](C)(C)C)cc(C(C)(C)C)cc3c3cc(C(C)(C)C)cc([Si](C)(C)C)c3o2)c(OP(Cl)Cl)c([Si](C)(C)C)c1. The fourth-order valence-corrected chi connectivity index (χ4v) is 16.1. The third kappa shape index (κ3) is 11.7. The van der Waals surface area contributed by atoms with Crippen molar-refractivity contribution in [1.29, 1.82) is 0 Å². The van der Waals surface area contributed by atoms with Gasteiger partial charge in [0.25, 0.3) is 6.85 Å². The zero-order valence-corrected chi connectivity index (χ0v) is 51.2. The number of benzene rings is 4. The zero-order chi connectivity index (χ0) is 48.9. The normalized spacial score (nSPS) is 13.9. The summed E-state index contributed by atoms with van der Waals surface area (Å²) < 4.78 is 29.3. The number of halogens is 2. The molecule has 5 rings (SSSR count). The van der Waals surface area contributed by atoms with Crippen molar-refractivity contribution in [3.8, 4) is 22.6 Å². The second-order valence-electron chi connectivity index (χ2n) is 26.4. The molecular formula is C52H80Cl2O4P2Si4. The highest BCUT2D eigenvalue weighted by Gasteiger charge is 2.36. The maximum absolute atomic E-state index is 7.68. The molecular weight excluding hydrogens is 934 g/mol. The molecule has 0 unspecified atom stereocenters. The Bertz CT molecular complexity index is 2520. The summed E-state index contributed by atoms with van der Waals surface area (Å²) in [5.74, 6) is 1.54. The molecule has 1 aromatic heterocycles. The molecule has 0 aliphatic heterocycles. The predicted octanol–water partition coefficient (Wildman–Crippen LogP) is 17.3. The van der Waals surface area contributed by atoms with E-state index in [0.29, 0.717) is 0 Å². The van der Waals surface area contributed by atoms with E-state index in [4.69, 9.17) is 39.9 Å². The molecule has 4 aromatic carbocycles. The van der Waals surface area contributed by atoms with Gasteiger partial charge in [0, 0.05) is 21.9 Å². The lowest BCUT2D eigenvalue weighted by Gasteiger charge is -2.31. The molecule has 0 spiro atoms. The van der Waals surface area contributed by atoms with Gasteiger partial charge in [-0.15, -0.1) is 0 Å². The molecule has 0 bridgehead atoms. The monoisotopic (exact) mass is 1010 g/mol. The van der Waals surface area contributed by atoms with Gasteiger partial charge in [0.15, 0.2) is 0 Å². The molecule has 352 valence electrons. The van der Waals surface area contributed by atoms with Crippen molar-refractivity contribution in [2.45, 2.75) is 183 Å². The average molecular weight is 1010 g/mol. The fraction of sp³-hybridized carbons (Fsp3) is 0.538. The van der Waals surface area contributed by atoms with Gasteiger partial charge in [0.05, 0.1) is 32.3 Å². The summed E-state index contributed by atoms with van der Waals surface area (Å²) in [4.78, 5) is 0. The first-order chi connectivity index (χ1) is 28.6. The largest absolute Gasteiger partial charge is 0.453 e. The third-order valence-corrected chi connectivity index (χ3v) is 22.0. The Labute approximate surface area is 404 Å². The van der Waals surface area contributed by atoms with Gasteiger partial charge in [-0.05, 0) is 111 Å². The first-order valence-corrected chi connectivity index (χ1v) is 41.2.